The molecule has 144 valence electrons. The molecule has 4 heteroatoms. The van der Waals surface area contributed by atoms with E-state index in [9.17, 15) is 9.59 Å². The maximum absolute atomic E-state index is 12.3. The zero-order valence-electron chi connectivity index (χ0n) is 16.8. The summed E-state index contributed by atoms with van der Waals surface area (Å²) in [6, 6.07) is 8.12. The van der Waals surface area contributed by atoms with Crippen molar-refractivity contribution in [2.75, 3.05) is 19.6 Å². The first-order valence-corrected chi connectivity index (χ1v) is 9.92. The zero-order chi connectivity index (χ0) is 19.2. The molecule has 1 unspecified atom stereocenters. The molecule has 0 spiro atoms. The normalized spacial score (nSPS) is 16.9. The van der Waals surface area contributed by atoms with Crippen LogP contribution in [0, 0.1) is 0 Å². The van der Waals surface area contributed by atoms with Gasteiger partial charge >= 0.3 is 0 Å². The van der Waals surface area contributed by atoms with Gasteiger partial charge in [-0.05, 0) is 43.8 Å². The van der Waals surface area contributed by atoms with Crippen molar-refractivity contribution in [2.24, 2.45) is 0 Å². The Morgan fingerprint density at radius 2 is 1.65 bits per heavy atom. The summed E-state index contributed by atoms with van der Waals surface area (Å²) in [5.74, 6) is -0.00166. The predicted molar refractivity (Wildman–Crippen MR) is 107 cm³/mol. The second-order valence-corrected chi connectivity index (χ2v) is 8.50. The summed E-state index contributed by atoms with van der Waals surface area (Å²) in [6.07, 6.45) is 4.33. The van der Waals surface area contributed by atoms with E-state index in [0.29, 0.717) is 18.2 Å². The minimum Gasteiger partial charge on any atom is -0.355 e. The molecule has 0 aliphatic carbocycles. The number of hydrogen-bond acceptors (Lipinski definition) is 3. The number of amides is 1. The fourth-order valence-corrected chi connectivity index (χ4v) is 3.37. The van der Waals surface area contributed by atoms with E-state index in [4.69, 9.17) is 0 Å². The largest absolute Gasteiger partial charge is 0.355 e. The van der Waals surface area contributed by atoms with Gasteiger partial charge in [-0.1, -0.05) is 51.5 Å². The van der Waals surface area contributed by atoms with Gasteiger partial charge in [-0.3, -0.25) is 14.5 Å². The predicted octanol–water partition coefficient (Wildman–Crippen LogP) is 3.94. The summed E-state index contributed by atoms with van der Waals surface area (Å²) in [6.45, 7) is 11.5. The lowest BCUT2D eigenvalue weighted by atomic mass is 9.86. The molecule has 4 nitrogen and oxygen atoms in total. The molecule has 1 aromatic carbocycles. The van der Waals surface area contributed by atoms with Crippen LogP contribution < -0.4 is 5.32 Å². The van der Waals surface area contributed by atoms with Crippen LogP contribution in [-0.4, -0.2) is 42.3 Å². The first kappa shape index (κ1) is 20.6. The average Bonchev–Trinajstić information content (AvgIpc) is 2.64. The summed E-state index contributed by atoms with van der Waals surface area (Å²) in [5.41, 5.74) is 1.97. The average molecular weight is 359 g/mol. The number of carbonyl (C=O) groups excluding carboxylic acids is 2. The van der Waals surface area contributed by atoms with Gasteiger partial charge in [0.25, 0.3) is 0 Å². The van der Waals surface area contributed by atoms with Crippen molar-refractivity contribution in [2.45, 2.75) is 71.3 Å². The molecule has 1 amide bonds. The molecule has 1 aliphatic heterocycles. The molecule has 1 atom stereocenters. The molecule has 2 rings (SSSR count). The molecule has 1 N–H and O–H groups in total. The molecule has 1 aliphatic rings. The van der Waals surface area contributed by atoms with Gasteiger partial charge in [-0.15, -0.1) is 0 Å². The molecule has 0 aromatic heterocycles. The molecule has 0 radical (unpaired) electrons. The van der Waals surface area contributed by atoms with Crippen molar-refractivity contribution >= 4 is 11.7 Å². The van der Waals surface area contributed by atoms with Crippen LogP contribution in [0.3, 0.4) is 0 Å². The highest BCUT2D eigenvalue weighted by Crippen LogP contribution is 2.22. The Balaban J connectivity index is 1.73. The van der Waals surface area contributed by atoms with Crippen molar-refractivity contribution in [3.8, 4) is 0 Å². The molecular formula is C22H34N2O2. The van der Waals surface area contributed by atoms with Crippen LogP contribution in [-0.2, 0) is 10.2 Å². The summed E-state index contributed by atoms with van der Waals surface area (Å²) < 4.78 is 0. The van der Waals surface area contributed by atoms with Crippen LogP contribution >= 0.6 is 0 Å². The fraction of sp³-hybridized carbons (Fsp3) is 0.636. The third-order valence-corrected chi connectivity index (χ3v) is 5.26. The highest BCUT2D eigenvalue weighted by Gasteiger charge is 2.18. The van der Waals surface area contributed by atoms with E-state index < -0.39 is 0 Å². The number of nitrogens with one attached hydrogen (secondary N) is 1. The first-order chi connectivity index (χ1) is 12.3. The Hall–Kier alpha value is -1.68. The number of carbonyl (C=O) groups is 2. The van der Waals surface area contributed by atoms with E-state index >= 15 is 0 Å². The number of benzene rings is 1. The summed E-state index contributed by atoms with van der Waals surface area (Å²) in [5, 5.41) is 2.98. The Labute approximate surface area is 158 Å². The number of likely N-dealkylation sites (tertiary alicyclic amines) is 1. The van der Waals surface area contributed by atoms with E-state index in [1.165, 1.54) is 24.8 Å². The van der Waals surface area contributed by atoms with Crippen molar-refractivity contribution in [1.29, 1.82) is 0 Å². The quantitative estimate of drug-likeness (QED) is 0.751. The molecule has 26 heavy (non-hydrogen) atoms. The van der Waals surface area contributed by atoms with E-state index in [1.54, 1.807) is 0 Å². The molecule has 1 aromatic rings. The maximum Gasteiger partial charge on any atom is 0.220 e. The first-order valence-electron chi connectivity index (χ1n) is 9.92. The number of piperidine rings is 1. The van der Waals surface area contributed by atoms with Crippen LogP contribution in [0.5, 0.6) is 0 Å². The van der Waals surface area contributed by atoms with E-state index in [2.05, 4.69) is 37.9 Å². The smallest absolute Gasteiger partial charge is 0.220 e. The molecule has 0 saturated carbocycles. The third-order valence-electron chi connectivity index (χ3n) is 5.26. The topological polar surface area (TPSA) is 49.4 Å². The Morgan fingerprint density at radius 3 is 2.23 bits per heavy atom. The van der Waals surface area contributed by atoms with Gasteiger partial charge in [0.05, 0.1) is 0 Å². The van der Waals surface area contributed by atoms with Crippen LogP contribution in [0.1, 0.15) is 75.7 Å². The highest BCUT2D eigenvalue weighted by molar-refractivity contribution is 5.98. The van der Waals surface area contributed by atoms with Crippen molar-refractivity contribution in [3.63, 3.8) is 0 Å². The SMILES string of the molecule is CC(CNC(=O)CCC(=O)c1ccc(C(C)(C)C)cc1)N1CCCCC1. The lowest BCUT2D eigenvalue weighted by Gasteiger charge is -2.32. The van der Waals surface area contributed by atoms with E-state index in [1.807, 2.05) is 24.3 Å². The zero-order valence-corrected chi connectivity index (χ0v) is 16.8. The Kier molecular flexibility index (Phi) is 7.39. The Morgan fingerprint density at radius 1 is 1.04 bits per heavy atom. The second-order valence-electron chi connectivity index (χ2n) is 8.50. The molecule has 0 bridgehead atoms. The summed E-state index contributed by atoms with van der Waals surface area (Å²) in [4.78, 5) is 26.8. The lowest BCUT2D eigenvalue weighted by Crippen LogP contribution is -2.44. The molecule has 1 fully saturated rings. The van der Waals surface area contributed by atoms with Gasteiger partial charge in [0.15, 0.2) is 5.78 Å². The standard InChI is InChI=1S/C22H34N2O2/c1-17(24-14-6-5-7-15-24)16-23-21(26)13-12-20(25)18-8-10-19(11-9-18)22(2,3)4/h8-11,17H,5-7,12-16H2,1-4H3,(H,23,26). The molecule has 1 heterocycles. The number of rotatable bonds is 7. The maximum atomic E-state index is 12.3. The molecular weight excluding hydrogens is 324 g/mol. The van der Waals surface area contributed by atoms with Crippen LogP contribution in [0.15, 0.2) is 24.3 Å². The van der Waals surface area contributed by atoms with Crippen molar-refractivity contribution in [3.05, 3.63) is 35.4 Å². The monoisotopic (exact) mass is 358 g/mol. The second kappa shape index (κ2) is 9.31. The van der Waals surface area contributed by atoms with Gasteiger partial charge in [-0.25, -0.2) is 0 Å². The van der Waals surface area contributed by atoms with Gasteiger partial charge in [0, 0.05) is 31.0 Å². The highest BCUT2D eigenvalue weighted by atomic mass is 16.2. The van der Waals surface area contributed by atoms with E-state index in [0.717, 1.165) is 13.1 Å². The number of hydrogen-bond donors (Lipinski definition) is 1. The minimum absolute atomic E-state index is 0.0321. The molecule has 1 saturated heterocycles. The van der Waals surface area contributed by atoms with Crippen molar-refractivity contribution < 1.29 is 9.59 Å². The summed E-state index contributed by atoms with van der Waals surface area (Å²) in [7, 11) is 0. The van der Waals surface area contributed by atoms with Crippen LogP contribution in [0.4, 0.5) is 0 Å². The van der Waals surface area contributed by atoms with Gasteiger partial charge in [0.1, 0.15) is 0 Å². The van der Waals surface area contributed by atoms with Crippen molar-refractivity contribution in [1.82, 2.24) is 10.2 Å². The van der Waals surface area contributed by atoms with E-state index in [-0.39, 0.29) is 29.9 Å². The lowest BCUT2D eigenvalue weighted by molar-refractivity contribution is -0.121. The Bertz CT molecular complexity index is 596. The summed E-state index contributed by atoms with van der Waals surface area (Å²) >= 11 is 0. The van der Waals surface area contributed by atoms with Crippen LogP contribution in [0.25, 0.3) is 0 Å². The minimum atomic E-state index is -0.0338. The fourth-order valence-electron chi connectivity index (χ4n) is 3.37. The van der Waals surface area contributed by atoms with Gasteiger partial charge in [0.2, 0.25) is 5.91 Å². The number of Topliss-reactive ketones (excluding diaryl/α,β-unsaturated/α-hetero) is 1. The number of ketones is 1. The van der Waals surface area contributed by atoms with Crippen LogP contribution in [0.2, 0.25) is 0 Å². The number of nitrogens with zero attached hydrogens (tertiary/aromatic N) is 1. The third kappa shape index (κ3) is 6.24. The van der Waals surface area contributed by atoms with Gasteiger partial charge in [-0.2, -0.15) is 0 Å². The van der Waals surface area contributed by atoms with Gasteiger partial charge < -0.3 is 5.32 Å².